The summed E-state index contributed by atoms with van der Waals surface area (Å²) in [5.41, 5.74) is 4.26. The van der Waals surface area contributed by atoms with Crippen molar-refractivity contribution < 1.29 is 33.5 Å². The molecule has 0 radical (unpaired) electrons. The van der Waals surface area contributed by atoms with Crippen molar-refractivity contribution >= 4 is 35.4 Å². The molecular weight excluding hydrogens is 652 g/mol. The number of nitrogens with zero attached hydrogens (tertiary/aromatic N) is 2. The van der Waals surface area contributed by atoms with Crippen LogP contribution < -0.4 is 21.7 Å². The number of rotatable bonds is 11. The van der Waals surface area contributed by atoms with Crippen molar-refractivity contribution in [1.82, 2.24) is 25.8 Å². The van der Waals surface area contributed by atoms with Gasteiger partial charge in [0.05, 0.1) is 18.2 Å². The molecule has 2 heterocycles. The Labute approximate surface area is 303 Å². The highest BCUT2D eigenvalue weighted by Crippen LogP contribution is 2.88. The van der Waals surface area contributed by atoms with Gasteiger partial charge < -0.3 is 36.2 Å². The van der Waals surface area contributed by atoms with Gasteiger partial charge in [0, 0.05) is 25.0 Å². The molecule has 5 aliphatic rings. The van der Waals surface area contributed by atoms with Crippen LogP contribution in [0.1, 0.15) is 114 Å². The van der Waals surface area contributed by atoms with E-state index in [2.05, 4.69) is 29.8 Å². The number of primary amides is 1. The van der Waals surface area contributed by atoms with Crippen molar-refractivity contribution in [1.29, 1.82) is 0 Å². The summed E-state index contributed by atoms with van der Waals surface area (Å²) < 4.78 is 5.80. The molecule has 2 spiro atoms. The van der Waals surface area contributed by atoms with E-state index in [1.807, 2.05) is 48.5 Å². The molecule has 6 amide bonds. The number of carbonyl (C=O) groups is 6. The number of urea groups is 1. The molecule has 2 aliphatic heterocycles. The van der Waals surface area contributed by atoms with Crippen LogP contribution in [0.15, 0.2) is 0 Å². The van der Waals surface area contributed by atoms with Gasteiger partial charge in [0.1, 0.15) is 18.1 Å². The largest absolute Gasteiger partial charge is 0.372 e. The van der Waals surface area contributed by atoms with E-state index in [4.69, 9.17) is 10.5 Å². The monoisotopic (exact) mass is 714 g/mol. The summed E-state index contributed by atoms with van der Waals surface area (Å²) in [4.78, 5) is 84.7. The van der Waals surface area contributed by atoms with Crippen LogP contribution in [0.3, 0.4) is 0 Å². The molecule has 0 aromatic heterocycles. The molecule has 3 saturated carbocycles. The number of Topliss-reactive ketones (excluding diaryl/α,β-unsaturated/α-hetero) is 1. The topological polar surface area (TPSA) is 180 Å². The molecule has 51 heavy (non-hydrogen) atoms. The average molecular weight is 715 g/mol. The van der Waals surface area contributed by atoms with Crippen molar-refractivity contribution in [3.63, 3.8) is 0 Å². The first-order valence-electron chi connectivity index (χ1n) is 19.1. The molecule has 7 atom stereocenters. The van der Waals surface area contributed by atoms with E-state index >= 15 is 0 Å². The summed E-state index contributed by atoms with van der Waals surface area (Å²) in [5, 5.41) is 8.62. The highest BCUT2D eigenvalue weighted by atomic mass is 16.5. The van der Waals surface area contributed by atoms with Crippen LogP contribution >= 0.6 is 0 Å². The Kier molecular flexibility index (Phi) is 10.7. The fraction of sp³-hybridized carbons (Fsp3) is 0.842. The Morgan fingerprint density at radius 1 is 0.882 bits per heavy atom. The maximum atomic E-state index is 14.8. The van der Waals surface area contributed by atoms with Crippen LogP contribution in [-0.4, -0.2) is 101 Å². The third-order valence-electron chi connectivity index (χ3n) is 13.4. The molecule has 5 rings (SSSR count). The number of nitrogens with two attached hydrogens (primary N) is 1. The van der Waals surface area contributed by atoms with Gasteiger partial charge in [-0.25, -0.2) is 4.79 Å². The highest BCUT2D eigenvalue weighted by molar-refractivity contribution is 6.37. The summed E-state index contributed by atoms with van der Waals surface area (Å²) in [6.07, 6.45) is 6.52. The molecular formula is C38H62N6O7. The predicted molar refractivity (Wildman–Crippen MR) is 191 cm³/mol. The number of ether oxygens (including phenoxy) is 1. The van der Waals surface area contributed by atoms with Crippen molar-refractivity contribution in [3.05, 3.63) is 0 Å². The lowest BCUT2D eigenvalue weighted by Crippen LogP contribution is -2.62. The van der Waals surface area contributed by atoms with Crippen molar-refractivity contribution in [2.75, 3.05) is 19.6 Å². The van der Waals surface area contributed by atoms with Gasteiger partial charge in [-0.3, -0.25) is 24.0 Å². The molecule has 286 valence electrons. The first kappa shape index (κ1) is 39.0. The van der Waals surface area contributed by atoms with Gasteiger partial charge in [0.15, 0.2) is 0 Å². The zero-order valence-electron chi connectivity index (χ0n) is 32.2. The van der Waals surface area contributed by atoms with Gasteiger partial charge >= 0.3 is 6.03 Å². The quantitative estimate of drug-likeness (QED) is 0.238. The molecule has 2 saturated heterocycles. The van der Waals surface area contributed by atoms with E-state index < -0.39 is 59.1 Å². The number of amides is 6. The summed E-state index contributed by atoms with van der Waals surface area (Å²) in [7, 11) is 0. The van der Waals surface area contributed by atoms with Gasteiger partial charge in [-0.1, -0.05) is 74.1 Å². The van der Waals surface area contributed by atoms with E-state index in [0.717, 1.165) is 38.5 Å². The van der Waals surface area contributed by atoms with E-state index in [9.17, 15) is 28.8 Å². The molecule has 5 N–H and O–H groups in total. The minimum atomic E-state index is -1.09. The van der Waals surface area contributed by atoms with Crippen LogP contribution in [-0.2, 0) is 28.7 Å². The van der Waals surface area contributed by atoms with Crippen LogP contribution in [0.4, 0.5) is 4.79 Å². The second kappa shape index (κ2) is 14.0. The van der Waals surface area contributed by atoms with Crippen molar-refractivity contribution in [2.45, 2.75) is 150 Å². The summed E-state index contributed by atoms with van der Waals surface area (Å²) >= 11 is 0. The third kappa shape index (κ3) is 7.00. The Hall–Kier alpha value is -3.22. The minimum Gasteiger partial charge on any atom is -0.372 e. The van der Waals surface area contributed by atoms with Gasteiger partial charge in [-0.2, -0.15) is 0 Å². The SMILES string of the molecule is CC(C)[C@H](NC(=O)N[C@H](C(=O)N1C[C@]2(C[C@H]1C(=O)NC(CC1CCC1)C(=O)C(N)=O)C(C)(C)C21CCC1)C(C)(C)C)C(=O)N1C[C@@H](C)O[C@@H](C)C1. The van der Waals surface area contributed by atoms with Crippen molar-refractivity contribution in [3.8, 4) is 0 Å². The van der Waals surface area contributed by atoms with Crippen LogP contribution in [0.2, 0.25) is 0 Å². The summed E-state index contributed by atoms with van der Waals surface area (Å²) in [6, 6.07) is -4.45. The lowest BCUT2D eigenvalue weighted by Gasteiger charge is -2.39. The highest BCUT2D eigenvalue weighted by Gasteiger charge is 2.85. The Balaban J connectivity index is 1.38. The third-order valence-corrected chi connectivity index (χ3v) is 13.4. The van der Waals surface area contributed by atoms with E-state index in [-0.39, 0.29) is 46.2 Å². The number of nitrogens with one attached hydrogen (secondary N) is 3. The number of likely N-dealkylation sites (tertiary alicyclic amines) is 1. The van der Waals surface area contributed by atoms with Crippen LogP contribution in [0, 0.1) is 33.5 Å². The maximum absolute atomic E-state index is 14.8. The molecule has 0 bridgehead atoms. The molecule has 3 aliphatic carbocycles. The number of ketones is 1. The summed E-state index contributed by atoms with van der Waals surface area (Å²) in [6.45, 7) is 18.7. The molecule has 13 nitrogen and oxygen atoms in total. The van der Waals surface area contributed by atoms with Gasteiger partial charge in [0.2, 0.25) is 23.5 Å². The van der Waals surface area contributed by atoms with Crippen molar-refractivity contribution in [2.24, 2.45) is 39.2 Å². The zero-order chi connectivity index (χ0) is 37.8. The number of fused-ring (bicyclic) bond motifs is 1. The summed E-state index contributed by atoms with van der Waals surface area (Å²) in [5.74, 6) is -3.01. The number of carbonyl (C=O) groups excluding carboxylic acids is 6. The lowest BCUT2D eigenvalue weighted by molar-refractivity contribution is -0.146. The zero-order valence-corrected chi connectivity index (χ0v) is 32.2. The maximum Gasteiger partial charge on any atom is 0.316 e. The van der Waals surface area contributed by atoms with Gasteiger partial charge in [-0.15, -0.1) is 0 Å². The second-order valence-corrected chi connectivity index (χ2v) is 18.3. The van der Waals surface area contributed by atoms with Gasteiger partial charge in [0.25, 0.3) is 5.91 Å². The van der Waals surface area contributed by atoms with E-state index in [1.54, 1.807) is 9.80 Å². The van der Waals surface area contributed by atoms with Gasteiger partial charge in [-0.05, 0) is 67.6 Å². The normalized spacial score (nSPS) is 29.8. The Bertz CT molecular complexity index is 1410. The fourth-order valence-corrected chi connectivity index (χ4v) is 9.99. The van der Waals surface area contributed by atoms with Crippen LogP contribution in [0.5, 0.6) is 0 Å². The predicted octanol–water partition coefficient (Wildman–Crippen LogP) is 2.89. The van der Waals surface area contributed by atoms with E-state index in [1.165, 1.54) is 0 Å². The average Bonchev–Trinajstić information content (AvgIpc) is 3.20. The minimum absolute atomic E-state index is 0.0172. The Morgan fingerprint density at radius 2 is 1.49 bits per heavy atom. The number of hydrogen-bond donors (Lipinski definition) is 4. The van der Waals surface area contributed by atoms with Crippen LogP contribution in [0.25, 0.3) is 0 Å². The van der Waals surface area contributed by atoms with E-state index in [0.29, 0.717) is 32.5 Å². The Morgan fingerprint density at radius 3 is 1.94 bits per heavy atom. The standard InChI is InChI=1S/C38H62N6O7/c1-21(2)27(32(48)43-18-22(3)51-23(4)19-43)41-34(50)42-29(35(5,6)7)33(49)44-20-38(36(8,9)37(38)14-11-15-37)17-26(44)31(47)40-25(28(45)30(39)46)16-24-12-10-13-24/h21-27,29H,10-20H2,1-9H3,(H2,39,46)(H,40,47)(H2,41,42,50)/t22-,23+,25?,26-,27-,29+,38+/m0/s1. The smallest absolute Gasteiger partial charge is 0.316 e. The first-order valence-corrected chi connectivity index (χ1v) is 19.1. The molecule has 5 fully saturated rings. The molecule has 1 unspecified atom stereocenters. The lowest BCUT2D eigenvalue weighted by atomic mass is 9.73. The fourth-order valence-electron chi connectivity index (χ4n) is 9.99. The number of hydrogen-bond acceptors (Lipinski definition) is 7. The first-order chi connectivity index (χ1) is 23.7. The second-order valence-electron chi connectivity index (χ2n) is 18.3. The molecule has 13 heteroatoms. The molecule has 0 aromatic rings. The number of morpholine rings is 1. The molecule has 0 aromatic carbocycles.